The van der Waals surface area contributed by atoms with Crippen LogP contribution in [0.3, 0.4) is 0 Å². The zero-order chi connectivity index (χ0) is 36.7. The number of aliphatic hydroxyl groups excluding tert-OH is 4. The van der Waals surface area contributed by atoms with Gasteiger partial charge in [0.25, 0.3) is 0 Å². The van der Waals surface area contributed by atoms with E-state index in [1.165, 1.54) is 19.8 Å². The number of imidazole rings is 1. The fraction of sp³-hybridized carbons (Fsp3) is 0.371. The minimum Gasteiger partial charge on any atom is -0.494 e. The van der Waals surface area contributed by atoms with Crippen LogP contribution in [-0.4, -0.2) is 102 Å². The van der Waals surface area contributed by atoms with Crippen molar-refractivity contribution in [2.24, 2.45) is 5.73 Å². The molecule has 2 fully saturated rings. The Labute approximate surface area is 301 Å². The van der Waals surface area contributed by atoms with Crippen LogP contribution >= 0.6 is 11.6 Å². The summed E-state index contributed by atoms with van der Waals surface area (Å²) in [6.07, 6.45) is -1.15. The molecule has 5 heterocycles. The highest BCUT2D eigenvalue weighted by molar-refractivity contribution is 6.30. The maximum absolute atomic E-state index is 15.3. The summed E-state index contributed by atoms with van der Waals surface area (Å²) < 4.78 is 42.4. The molecule has 274 valence electrons. The molecular formula is C35H37ClF2N8O6. The predicted molar refractivity (Wildman–Crippen MR) is 187 cm³/mol. The monoisotopic (exact) mass is 738 g/mol. The molecule has 0 bridgehead atoms. The largest absolute Gasteiger partial charge is 0.494 e. The average molecular weight is 739 g/mol. The number of halogens is 3. The number of nitrogens with zero attached hydrogens (tertiary/aromatic N) is 6. The Hall–Kier alpha value is -4.55. The van der Waals surface area contributed by atoms with E-state index < -0.39 is 54.4 Å². The fourth-order valence-corrected chi connectivity index (χ4v) is 7.08. The van der Waals surface area contributed by atoms with Gasteiger partial charge >= 0.3 is 0 Å². The second kappa shape index (κ2) is 14.5. The number of hydrogen-bond acceptors (Lipinski definition) is 13. The van der Waals surface area contributed by atoms with E-state index in [1.807, 2.05) is 18.2 Å². The number of aliphatic hydroxyl groups is 4. The topological polar surface area (TPSA) is 197 Å². The molecule has 1 unspecified atom stereocenters. The third-order valence-corrected chi connectivity index (χ3v) is 9.90. The maximum atomic E-state index is 15.3. The van der Waals surface area contributed by atoms with E-state index in [0.29, 0.717) is 46.9 Å². The van der Waals surface area contributed by atoms with Crippen LogP contribution in [0.15, 0.2) is 61.3 Å². The summed E-state index contributed by atoms with van der Waals surface area (Å²) in [7, 11) is 1.26. The smallest absolute Gasteiger partial charge is 0.165 e. The molecule has 7 N–H and O–H groups in total. The van der Waals surface area contributed by atoms with E-state index in [0.717, 1.165) is 24.1 Å². The second-order valence-electron chi connectivity index (χ2n) is 13.0. The molecular weight excluding hydrogens is 702 g/mol. The minimum absolute atomic E-state index is 0.0549. The number of piperidine rings is 1. The van der Waals surface area contributed by atoms with Gasteiger partial charge in [0, 0.05) is 29.7 Å². The van der Waals surface area contributed by atoms with Crippen molar-refractivity contribution in [2.75, 3.05) is 37.0 Å². The predicted octanol–water partition coefficient (Wildman–Crippen LogP) is 2.54. The number of fused-ring (bicyclic) bond motifs is 1. The van der Waals surface area contributed by atoms with Crippen molar-refractivity contribution in [1.29, 1.82) is 0 Å². The molecule has 17 heteroatoms. The molecule has 3 aromatic heterocycles. The lowest BCUT2D eigenvalue weighted by Gasteiger charge is -2.42. The van der Waals surface area contributed by atoms with Crippen molar-refractivity contribution < 1.29 is 38.7 Å². The number of aromatic nitrogens is 5. The number of anilines is 2. The Kier molecular flexibility index (Phi) is 9.97. The molecule has 5 aromatic rings. The lowest BCUT2D eigenvalue weighted by Crippen LogP contribution is -2.60. The molecule has 14 nitrogen and oxygen atoms in total. The number of nitrogens with one attached hydrogen (secondary N) is 1. The van der Waals surface area contributed by atoms with Crippen LogP contribution in [0.1, 0.15) is 24.0 Å². The summed E-state index contributed by atoms with van der Waals surface area (Å²) >= 11 is 6.33. The first-order valence-corrected chi connectivity index (χ1v) is 16.9. The lowest BCUT2D eigenvalue weighted by molar-refractivity contribution is -0.221. The summed E-state index contributed by atoms with van der Waals surface area (Å²) in [5.41, 5.74) is 9.37. The van der Waals surface area contributed by atoms with E-state index >= 15 is 4.39 Å². The van der Waals surface area contributed by atoms with Gasteiger partial charge in [-0.25, -0.2) is 23.7 Å². The third-order valence-electron chi connectivity index (χ3n) is 9.66. The molecule has 0 aliphatic carbocycles. The first-order chi connectivity index (χ1) is 25.0. The summed E-state index contributed by atoms with van der Waals surface area (Å²) in [5, 5.41) is 44.1. The first-order valence-electron chi connectivity index (χ1n) is 16.5. The highest BCUT2D eigenvalue weighted by Crippen LogP contribution is 2.37. The van der Waals surface area contributed by atoms with Crippen molar-refractivity contribution in [1.82, 2.24) is 24.5 Å². The fourth-order valence-electron chi connectivity index (χ4n) is 6.89. The van der Waals surface area contributed by atoms with Crippen LogP contribution in [0.4, 0.5) is 20.3 Å². The molecule has 2 aliphatic heterocycles. The van der Waals surface area contributed by atoms with Crippen molar-refractivity contribution in [3.8, 4) is 17.0 Å². The molecule has 2 saturated heterocycles. The molecule has 0 radical (unpaired) electrons. The van der Waals surface area contributed by atoms with Crippen LogP contribution in [0.5, 0.6) is 5.75 Å². The lowest BCUT2D eigenvalue weighted by atomic mass is 9.83. The standard InChI is InChI=1S/C35H37ClF2N8O6/c1-51-26-11-22(37)21(10-23(26)38)24-8-18(25(12-40-24)45-7-3-6-35(39,15-45)19-4-2-5-20(36)9-19)13-46-17-43-28-32(41-16-42-33(28)46)44-34-31(50)30(49)29(48)27(14-47)52-34/h2,4-5,8-12,16-17,27,29-31,34,47-50H,3,6-7,13-15,39H2,1H3,(H,41,42,44)/t27-,29-,30+,31+,34?,35-/m1/s1. The van der Waals surface area contributed by atoms with Crippen LogP contribution in [-0.2, 0) is 16.8 Å². The summed E-state index contributed by atoms with van der Waals surface area (Å²) in [5.74, 6) is -1.53. The van der Waals surface area contributed by atoms with Gasteiger partial charge in [-0.3, -0.25) is 4.98 Å². The Balaban J connectivity index is 1.26. The molecule has 52 heavy (non-hydrogen) atoms. The quantitative estimate of drug-likeness (QED) is 0.129. The third kappa shape index (κ3) is 6.74. The first kappa shape index (κ1) is 35.8. The summed E-state index contributed by atoms with van der Waals surface area (Å²) in [6, 6.07) is 11.2. The van der Waals surface area contributed by atoms with Crippen LogP contribution in [0.25, 0.3) is 22.4 Å². The zero-order valence-electron chi connectivity index (χ0n) is 27.9. The van der Waals surface area contributed by atoms with Gasteiger partial charge < -0.3 is 50.4 Å². The Morgan fingerprint density at radius 3 is 2.65 bits per heavy atom. The molecule has 0 spiro atoms. The van der Waals surface area contributed by atoms with Crippen molar-refractivity contribution >= 4 is 34.3 Å². The van der Waals surface area contributed by atoms with Crippen LogP contribution in [0, 0.1) is 11.6 Å². The van der Waals surface area contributed by atoms with E-state index in [1.54, 1.807) is 22.9 Å². The number of nitrogens with two attached hydrogens (primary N) is 1. The SMILES string of the molecule is COc1cc(F)c(-c2cc(Cn3cnc4c(NC5O[C@H](CO)[C@@H](O)[C@H](O)[C@@H]5O)ncnc43)c(N3CCC[C@](N)(c4cccc(Cl)c4)C3)cn2)cc1F. The van der Waals surface area contributed by atoms with E-state index in [4.69, 9.17) is 26.8 Å². The molecule has 2 aromatic carbocycles. The van der Waals surface area contributed by atoms with Crippen molar-refractivity contribution in [3.05, 3.63) is 89.1 Å². The number of ether oxygens (including phenoxy) is 2. The summed E-state index contributed by atoms with van der Waals surface area (Å²) in [4.78, 5) is 19.9. The number of benzene rings is 2. The highest BCUT2D eigenvalue weighted by atomic mass is 35.5. The normalized spacial score (nSPS) is 25.0. The summed E-state index contributed by atoms with van der Waals surface area (Å²) in [6.45, 7) is 0.636. The van der Waals surface area contributed by atoms with E-state index in [-0.39, 0.29) is 29.4 Å². The Bertz CT molecular complexity index is 2090. The molecule has 0 amide bonds. The van der Waals surface area contributed by atoms with Crippen molar-refractivity contribution in [2.45, 2.75) is 55.6 Å². The minimum atomic E-state index is -1.59. The van der Waals surface area contributed by atoms with Gasteiger partial charge in [0.2, 0.25) is 0 Å². The van der Waals surface area contributed by atoms with Gasteiger partial charge in [-0.2, -0.15) is 0 Å². The number of rotatable bonds is 9. The number of pyridine rings is 1. The van der Waals surface area contributed by atoms with Crippen LogP contribution < -0.4 is 20.7 Å². The molecule has 6 atom stereocenters. The van der Waals surface area contributed by atoms with Gasteiger partial charge in [-0.15, -0.1) is 0 Å². The van der Waals surface area contributed by atoms with Gasteiger partial charge in [0.05, 0.1) is 49.7 Å². The van der Waals surface area contributed by atoms with Gasteiger partial charge in [-0.05, 0) is 48.2 Å². The van der Waals surface area contributed by atoms with E-state index in [2.05, 4.69) is 30.2 Å². The molecule has 0 saturated carbocycles. The molecule has 7 rings (SSSR count). The average Bonchev–Trinajstić information content (AvgIpc) is 3.56. The van der Waals surface area contributed by atoms with Crippen LogP contribution in [0.2, 0.25) is 5.02 Å². The number of methoxy groups -OCH3 is 1. The van der Waals surface area contributed by atoms with E-state index in [9.17, 15) is 24.8 Å². The molecule has 2 aliphatic rings. The zero-order valence-corrected chi connectivity index (χ0v) is 28.7. The second-order valence-corrected chi connectivity index (χ2v) is 13.5. The van der Waals surface area contributed by atoms with Gasteiger partial charge in [0.1, 0.15) is 36.6 Å². The highest BCUT2D eigenvalue weighted by Gasteiger charge is 2.44. The number of hydrogen-bond donors (Lipinski definition) is 6. The Morgan fingerprint density at radius 1 is 1.06 bits per heavy atom. The van der Waals surface area contributed by atoms with Gasteiger partial charge in [0.15, 0.2) is 34.8 Å². The Morgan fingerprint density at radius 2 is 1.88 bits per heavy atom. The maximum Gasteiger partial charge on any atom is 0.165 e. The van der Waals surface area contributed by atoms with Crippen molar-refractivity contribution in [3.63, 3.8) is 0 Å². The van der Waals surface area contributed by atoms with Gasteiger partial charge in [-0.1, -0.05) is 23.7 Å².